The Morgan fingerprint density at radius 2 is 1.89 bits per heavy atom. The lowest BCUT2D eigenvalue weighted by molar-refractivity contribution is 0.601. The Bertz CT molecular complexity index is 601. The molecule has 0 radical (unpaired) electrons. The maximum atomic E-state index is 11.7. The summed E-state index contributed by atoms with van der Waals surface area (Å²) in [5.74, 6) is 0.369. The van der Waals surface area contributed by atoms with E-state index in [4.69, 9.17) is 5.41 Å². The number of hydrogen-bond acceptors (Lipinski definition) is 4. The third kappa shape index (κ3) is 2.68. The first-order valence-electron chi connectivity index (χ1n) is 5.78. The third-order valence-electron chi connectivity index (χ3n) is 3.40. The summed E-state index contributed by atoms with van der Waals surface area (Å²) in [4.78, 5) is 1.86. The zero-order valence-corrected chi connectivity index (χ0v) is 13.7. The molecule has 1 aromatic carbocycles. The fraction of sp³-hybridized carbons (Fsp3) is 0.417. The van der Waals surface area contributed by atoms with E-state index in [1.807, 2.05) is 36.1 Å². The molecule has 0 aliphatic carbocycles. The normalized spacial score (nSPS) is 28.1. The molecule has 0 saturated carbocycles. The molecular formula is C12H15BrN2O2S2. The first-order valence-corrected chi connectivity index (χ1v) is 8.48. The number of halogens is 1. The standard InChI is InChI=1S/C12H14N2O2S2.BrH/c1-8-2-4-9(5-3-8)14-10-6-18(15,16)7-11(10)17-12(14)13;/h2-5,10-11,13H,6-7H2,1H3;1H/t10-,11+;/m1./s1. The van der Waals surface area contributed by atoms with Crippen LogP contribution < -0.4 is 4.90 Å². The van der Waals surface area contributed by atoms with Crippen LogP contribution in [0.15, 0.2) is 24.3 Å². The van der Waals surface area contributed by atoms with E-state index in [1.54, 1.807) is 0 Å². The maximum Gasteiger partial charge on any atom is 0.161 e. The fourth-order valence-electron chi connectivity index (χ4n) is 2.52. The molecule has 3 rings (SSSR count). The first-order chi connectivity index (χ1) is 8.46. The van der Waals surface area contributed by atoms with Crippen molar-refractivity contribution in [3.8, 4) is 0 Å². The maximum absolute atomic E-state index is 11.7. The molecule has 2 heterocycles. The van der Waals surface area contributed by atoms with Gasteiger partial charge in [0.2, 0.25) is 0 Å². The number of benzene rings is 1. The van der Waals surface area contributed by atoms with Gasteiger partial charge in [-0.25, -0.2) is 8.42 Å². The minimum atomic E-state index is -2.94. The first kappa shape index (κ1) is 14.9. The van der Waals surface area contributed by atoms with Crippen LogP contribution in [0.2, 0.25) is 0 Å². The molecule has 0 aromatic heterocycles. The number of amidine groups is 1. The molecule has 0 bridgehead atoms. The van der Waals surface area contributed by atoms with E-state index in [0.29, 0.717) is 5.17 Å². The highest BCUT2D eigenvalue weighted by Crippen LogP contribution is 2.40. The van der Waals surface area contributed by atoms with Crippen LogP contribution in [0.3, 0.4) is 0 Å². The molecule has 0 amide bonds. The van der Waals surface area contributed by atoms with Crippen molar-refractivity contribution in [1.82, 2.24) is 0 Å². The van der Waals surface area contributed by atoms with Gasteiger partial charge in [-0.05, 0) is 19.1 Å². The number of thioether (sulfide) groups is 1. The largest absolute Gasteiger partial charge is 0.316 e. The van der Waals surface area contributed by atoms with E-state index in [1.165, 1.54) is 11.8 Å². The van der Waals surface area contributed by atoms with Gasteiger partial charge in [0.05, 0.1) is 17.5 Å². The van der Waals surface area contributed by atoms with Crippen molar-refractivity contribution < 1.29 is 8.42 Å². The summed E-state index contributed by atoms with van der Waals surface area (Å²) in [7, 11) is -2.94. The number of hydrogen-bond donors (Lipinski definition) is 1. The second kappa shape index (κ2) is 5.10. The van der Waals surface area contributed by atoms with Crippen LogP contribution in [-0.4, -0.2) is 36.4 Å². The molecule has 4 nitrogen and oxygen atoms in total. The zero-order chi connectivity index (χ0) is 12.9. The molecule has 2 aliphatic heterocycles. The van der Waals surface area contributed by atoms with Gasteiger partial charge in [0.1, 0.15) is 0 Å². The lowest BCUT2D eigenvalue weighted by Gasteiger charge is -2.23. The quantitative estimate of drug-likeness (QED) is 0.831. The molecule has 104 valence electrons. The van der Waals surface area contributed by atoms with Crippen LogP contribution in [0, 0.1) is 12.3 Å². The van der Waals surface area contributed by atoms with Crippen LogP contribution in [0.1, 0.15) is 5.56 Å². The predicted octanol–water partition coefficient (Wildman–Crippen LogP) is 2.23. The van der Waals surface area contributed by atoms with Crippen molar-refractivity contribution in [2.24, 2.45) is 0 Å². The number of nitrogens with zero attached hydrogens (tertiary/aromatic N) is 1. The van der Waals surface area contributed by atoms with Gasteiger partial charge in [0, 0.05) is 10.9 Å². The topological polar surface area (TPSA) is 61.2 Å². The molecule has 1 aromatic rings. The van der Waals surface area contributed by atoms with E-state index < -0.39 is 9.84 Å². The lowest BCUT2D eigenvalue weighted by Crippen LogP contribution is -2.37. The number of nitrogens with one attached hydrogen (secondary N) is 1. The fourth-order valence-corrected chi connectivity index (χ4v) is 6.31. The molecule has 2 saturated heterocycles. The van der Waals surface area contributed by atoms with Gasteiger partial charge in [0.25, 0.3) is 0 Å². The Labute approximate surface area is 127 Å². The number of fused-ring (bicyclic) bond motifs is 1. The Morgan fingerprint density at radius 3 is 2.53 bits per heavy atom. The summed E-state index contributed by atoms with van der Waals surface area (Å²) in [5.41, 5.74) is 2.08. The highest BCUT2D eigenvalue weighted by molar-refractivity contribution is 8.93. The number of anilines is 1. The molecule has 2 atom stereocenters. The average molecular weight is 363 g/mol. The van der Waals surface area contributed by atoms with Gasteiger partial charge in [-0.1, -0.05) is 29.5 Å². The monoisotopic (exact) mass is 362 g/mol. The summed E-state index contributed by atoms with van der Waals surface area (Å²) in [6.45, 7) is 2.01. The second-order valence-electron chi connectivity index (χ2n) is 4.81. The Kier molecular flexibility index (Phi) is 3.99. The van der Waals surface area contributed by atoms with E-state index in [-0.39, 0.29) is 39.8 Å². The molecular weight excluding hydrogens is 348 g/mol. The third-order valence-corrected chi connectivity index (χ3v) is 6.53. The second-order valence-corrected chi connectivity index (χ2v) is 8.19. The van der Waals surface area contributed by atoms with Crippen LogP contribution in [-0.2, 0) is 9.84 Å². The van der Waals surface area contributed by atoms with Gasteiger partial charge in [-0.3, -0.25) is 5.41 Å². The van der Waals surface area contributed by atoms with Crippen molar-refractivity contribution in [3.63, 3.8) is 0 Å². The van der Waals surface area contributed by atoms with Gasteiger partial charge in [0.15, 0.2) is 15.0 Å². The van der Waals surface area contributed by atoms with Crippen molar-refractivity contribution in [1.29, 1.82) is 5.41 Å². The van der Waals surface area contributed by atoms with Crippen LogP contribution >= 0.6 is 28.7 Å². The summed E-state index contributed by atoms with van der Waals surface area (Å²) >= 11 is 1.38. The highest BCUT2D eigenvalue weighted by atomic mass is 79.9. The lowest BCUT2D eigenvalue weighted by atomic mass is 10.1. The number of sulfone groups is 1. The van der Waals surface area contributed by atoms with Gasteiger partial charge in [-0.2, -0.15) is 0 Å². The van der Waals surface area contributed by atoms with E-state index in [9.17, 15) is 8.42 Å². The number of rotatable bonds is 1. The van der Waals surface area contributed by atoms with E-state index >= 15 is 0 Å². The van der Waals surface area contributed by atoms with Crippen LogP contribution in [0.4, 0.5) is 5.69 Å². The Balaban J connectivity index is 0.00000133. The smallest absolute Gasteiger partial charge is 0.161 e. The summed E-state index contributed by atoms with van der Waals surface area (Å²) in [6.07, 6.45) is 0. The predicted molar refractivity (Wildman–Crippen MR) is 85.5 cm³/mol. The molecule has 2 fully saturated rings. The summed E-state index contributed by atoms with van der Waals surface area (Å²) in [6, 6.07) is 7.82. The van der Waals surface area contributed by atoms with Crippen molar-refractivity contribution in [2.75, 3.05) is 16.4 Å². The minimum absolute atomic E-state index is 0. The van der Waals surface area contributed by atoms with Crippen LogP contribution in [0.5, 0.6) is 0 Å². The SMILES string of the molecule is Br.Cc1ccc(N2C(=N)S[C@H]3CS(=O)(=O)C[C@H]32)cc1. The Morgan fingerprint density at radius 1 is 1.26 bits per heavy atom. The molecule has 0 spiro atoms. The van der Waals surface area contributed by atoms with Crippen molar-refractivity contribution in [2.45, 2.75) is 18.2 Å². The molecule has 0 unspecified atom stereocenters. The molecule has 2 aliphatic rings. The molecule has 7 heteroatoms. The molecule has 19 heavy (non-hydrogen) atoms. The van der Waals surface area contributed by atoms with Gasteiger partial charge < -0.3 is 4.90 Å². The van der Waals surface area contributed by atoms with E-state index in [2.05, 4.69) is 0 Å². The average Bonchev–Trinajstić information content (AvgIpc) is 2.70. The van der Waals surface area contributed by atoms with Gasteiger partial charge >= 0.3 is 0 Å². The summed E-state index contributed by atoms with van der Waals surface area (Å²) in [5, 5.41) is 8.50. The van der Waals surface area contributed by atoms with Crippen molar-refractivity contribution >= 4 is 49.4 Å². The minimum Gasteiger partial charge on any atom is -0.316 e. The number of aryl methyl sites for hydroxylation is 1. The van der Waals surface area contributed by atoms with Gasteiger partial charge in [-0.15, -0.1) is 17.0 Å². The Hall–Kier alpha value is -0.530. The highest BCUT2D eigenvalue weighted by Gasteiger charge is 2.48. The summed E-state index contributed by atoms with van der Waals surface area (Å²) < 4.78 is 23.3. The van der Waals surface area contributed by atoms with E-state index in [0.717, 1.165) is 11.3 Å². The zero-order valence-electron chi connectivity index (χ0n) is 10.4. The molecule has 1 N–H and O–H groups in total. The van der Waals surface area contributed by atoms with Crippen LogP contribution in [0.25, 0.3) is 0 Å². The van der Waals surface area contributed by atoms with Crippen molar-refractivity contribution in [3.05, 3.63) is 29.8 Å².